The van der Waals surface area contributed by atoms with Gasteiger partial charge in [0.25, 0.3) is 0 Å². The second-order valence-corrected chi connectivity index (χ2v) is 8.66. The van der Waals surface area contributed by atoms with Crippen LogP contribution in [-0.4, -0.2) is 78.4 Å². The van der Waals surface area contributed by atoms with Gasteiger partial charge in [-0.05, 0) is 29.5 Å². The van der Waals surface area contributed by atoms with Gasteiger partial charge in [0.1, 0.15) is 0 Å². The third-order valence-electron chi connectivity index (χ3n) is 6.07. The highest BCUT2D eigenvalue weighted by atomic mass is 16.7. The number of nitrogens with zero attached hydrogens (tertiary/aromatic N) is 3. The van der Waals surface area contributed by atoms with Crippen molar-refractivity contribution in [2.24, 2.45) is 5.10 Å². The summed E-state index contributed by atoms with van der Waals surface area (Å²) < 4.78 is 0. The number of rotatable bonds is 10. The first kappa shape index (κ1) is 23.9. The van der Waals surface area contributed by atoms with Gasteiger partial charge in [-0.25, -0.2) is 0 Å². The van der Waals surface area contributed by atoms with E-state index < -0.39 is 5.97 Å². The Bertz CT molecular complexity index is 983. The van der Waals surface area contributed by atoms with Crippen LogP contribution in [0, 0.1) is 0 Å². The van der Waals surface area contributed by atoms with E-state index in [2.05, 4.69) is 40.3 Å². The van der Waals surface area contributed by atoms with Crippen molar-refractivity contribution in [2.45, 2.75) is 25.0 Å². The van der Waals surface area contributed by atoms with Crippen molar-refractivity contribution in [2.75, 3.05) is 39.3 Å². The predicted octanol–water partition coefficient (Wildman–Crippen LogP) is 1.42. The fraction of sp³-hybridized carbons (Fsp3) is 0.400. The fourth-order valence-corrected chi connectivity index (χ4v) is 4.22. The van der Waals surface area contributed by atoms with Gasteiger partial charge in [-0.2, -0.15) is 10.6 Å². The summed E-state index contributed by atoms with van der Waals surface area (Å²) >= 11 is 0. The zero-order valence-corrected chi connectivity index (χ0v) is 19.1. The monoisotopic (exact) mass is 465 g/mol. The molecule has 3 N–H and O–H groups in total. The molecule has 2 atom stereocenters. The molecule has 0 saturated carbocycles. The zero-order valence-electron chi connectivity index (χ0n) is 19.1. The van der Waals surface area contributed by atoms with Crippen LogP contribution in [0.25, 0.3) is 0 Å². The molecule has 2 aromatic rings. The molecule has 2 aliphatic rings. The van der Waals surface area contributed by atoms with E-state index in [-0.39, 0.29) is 31.1 Å². The Balaban J connectivity index is 1.19. The molecular formula is C25H31N5O4. The summed E-state index contributed by atoms with van der Waals surface area (Å²) in [5, 5.41) is 13.2. The average molecular weight is 466 g/mol. The van der Waals surface area contributed by atoms with Gasteiger partial charge in [-0.3, -0.25) is 19.3 Å². The maximum absolute atomic E-state index is 12.4. The van der Waals surface area contributed by atoms with E-state index in [0.29, 0.717) is 19.6 Å². The van der Waals surface area contributed by atoms with Gasteiger partial charge in [0.2, 0.25) is 5.91 Å². The van der Waals surface area contributed by atoms with Crippen LogP contribution in [0.15, 0.2) is 59.7 Å². The molecule has 2 aliphatic heterocycles. The Kier molecular flexibility index (Phi) is 8.24. The number of hydrogen-bond acceptors (Lipinski definition) is 7. The van der Waals surface area contributed by atoms with E-state index in [1.165, 1.54) is 5.56 Å². The molecule has 34 heavy (non-hydrogen) atoms. The maximum Gasteiger partial charge on any atom is 0.317 e. The van der Waals surface area contributed by atoms with Gasteiger partial charge in [0.15, 0.2) is 0 Å². The van der Waals surface area contributed by atoms with E-state index in [1.54, 1.807) is 9.80 Å². The van der Waals surface area contributed by atoms with Gasteiger partial charge >= 0.3 is 5.97 Å². The molecule has 1 amide bonds. The van der Waals surface area contributed by atoms with Crippen LogP contribution in [-0.2, 0) is 20.8 Å². The molecule has 2 saturated heterocycles. The molecule has 2 unspecified atom stereocenters. The first-order valence-corrected chi connectivity index (χ1v) is 11.6. The average Bonchev–Trinajstić information content (AvgIpc) is 3.30. The van der Waals surface area contributed by atoms with E-state index in [0.717, 1.165) is 30.5 Å². The summed E-state index contributed by atoms with van der Waals surface area (Å²) in [6.07, 6.45) is 3.40. The van der Waals surface area contributed by atoms with Crippen LogP contribution in [0.4, 0.5) is 0 Å². The Morgan fingerprint density at radius 3 is 2.71 bits per heavy atom. The SMILES string of the molecule is O=C(O)CN1CCN(CC2CC(c3ccc(C=NNCCc4ccccc4)cc3)NO2)C(=O)C1. The molecular weight excluding hydrogens is 434 g/mol. The van der Waals surface area contributed by atoms with Gasteiger partial charge in [0.05, 0.1) is 31.4 Å². The Labute approximate surface area is 199 Å². The molecule has 2 aromatic carbocycles. The second-order valence-electron chi connectivity index (χ2n) is 8.66. The van der Waals surface area contributed by atoms with Crippen molar-refractivity contribution in [3.63, 3.8) is 0 Å². The smallest absolute Gasteiger partial charge is 0.317 e. The first-order chi connectivity index (χ1) is 16.6. The minimum atomic E-state index is -0.913. The maximum atomic E-state index is 12.4. The zero-order chi connectivity index (χ0) is 23.8. The highest BCUT2D eigenvalue weighted by molar-refractivity contribution is 5.80. The van der Waals surface area contributed by atoms with E-state index >= 15 is 0 Å². The molecule has 4 rings (SSSR count). The number of carboxylic acid groups (broad SMARTS) is 1. The van der Waals surface area contributed by atoms with Crippen molar-refractivity contribution in [3.05, 3.63) is 71.3 Å². The van der Waals surface area contributed by atoms with Crippen molar-refractivity contribution >= 4 is 18.1 Å². The molecule has 0 spiro atoms. The van der Waals surface area contributed by atoms with Crippen LogP contribution < -0.4 is 10.9 Å². The van der Waals surface area contributed by atoms with Crippen molar-refractivity contribution < 1.29 is 19.5 Å². The van der Waals surface area contributed by atoms with E-state index in [4.69, 9.17) is 9.94 Å². The summed E-state index contributed by atoms with van der Waals surface area (Å²) in [4.78, 5) is 32.4. The molecule has 9 nitrogen and oxygen atoms in total. The molecule has 0 radical (unpaired) electrons. The molecule has 180 valence electrons. The predicted molar refractivity (Wildman–Crippen MR) is 128 cm³/mol. The normalized spacial score (nSPS) is 21.3. The highest BCUT2D eigenvalue weighted by Gasteiger charge is 2.32. The standard InChI is InChI=1S/C25H31N5O4/c31-24-17-29(18-25(32)33)12-13-30(24)16-22-14-23(28-34-22)21-8-6-20(7-9-21)15-27-26-11-10-19-4-2-1-3-5-19/h1-9,15,22-23,26,28H,10-14,16-18H2,(H,32,33). The molecule has 2 fully saturated rings. The lowest BCUT2D eigenvalue weighted by molar-refractivity contribution is -0.143. The molecule has 0 aromatic heterocycles. The number of carbonyl (C=O) groups is 2. The number of benzene rings is 2. The van der Waals surface area contributed by atoms with Gasteiger partial charge < -0.3 is 15.4 Å². The number of hydrazone groups is 1. The van der Waals surface area contributed by atoms with Crippen LogP contribution in [0.2, 0.25) is 0 Å². The number of nitrogens with one attached hydrogen (secondary N) is 2. The lowest BCUT2D eigenvalue weighted by Crippen LogP contribution is -2.53. The number of amides is 1. The summed E-state index contributed by atoms with van der Waals surface area (Å²) in [6, 6.07) is 18.5. The molecule has 2 heterocycles. The van der Waals surface area contributed by atoms with E-state index in [9.17, 15) is 9.59 Å². The fourth-order valence-electron chi connectivity index (χ4n) is 4.22. The number of carboxylic acids is 1. The summed E-state index contributed by atoms with van der Waals surface area (Å²) in [6.45, 7) is 2.40. The summed E-state index contributed by atoms with van der Waals surface area (Å²) in [5.41, 5.74) is 9.58. The van der Waals surface area contributed by atoms with Crippen LogP contribution in [0.1, 0.15) is 29.2 Å². The minimum absolute atomic E-state index is 0.0550. The van der Waals surface area contributed by atoms with Crippen molar-refractivity contribution in [1.29, 1.82) is 0 Å². The largest absolute Gasteiger partial charge is 0.480 e. The van der Waals surface area contributed by atoms with Crippen LogP contribution in [0.3, 0.4) is 0 Å². The highest BCUT2D eigenvalue weighted by Crippen LogP contribution is 2.26. The van der Waals surface area contributed by atoms with E-state index in [1.807, 2.05) is 36.5 Å². The number of aliphatic carboxylic acids is 1. The number of carbonyl (C=O) groups excluding carboxylic acids is 1. The molecule has 9 heteroatoms. The summed E-state index contributed by atoms with van der Waals surface area (Å²) in [5.74, 6) is -0.968. The number of hydrogen-bond donors (Lipinski definition) is 3. The minimum Gasteiger partial charge on any atom is -0.480 e. The lowest BCUT2D eigenvalue weighted by atomic mass is 10.0. The van der Waals surface area contributed by atoms with Crippen LogP contribution in [0.5, 0.6) is 0 Å². The molecule has 0 aliphatic carbocycles. The Morgan fingerprint density at radius 2 is 1.97 bits per heavy atom. The van der Waals surface area contributed by atoms with Crippen molar-refractivity contribution in [1.82, 2.24) is 20.7 Å². The molecule has 0 bridgehead atoms. The van der Waals surface area contributed by atoms with Crippen LogP contribution >= 0.6 is 0 Å². The Hall–Kier alpha value is -3.27. The third-order valence-corrected chi connectivity index (χ3v) is 6.07. The van der Waals surface area contributed by atoms with Crippen molar-refractivity contribution in [3.8, 4) is 0 Å². The second kappa shape index (κ2) is 11.7. The van der Waals surface area contributed by atoms with Gasteiger partial charge in [-0.15, -0.1) is 0 Å². The quantitative estimate of drug-likeness (QED) is 0.277. The Morgan fingerprint density at radius 1 is 1.18 bits per heavy atom. The summed E-state index contributed by atoms with van der Waals surface area (Å²) in [7, 11) is 0. The number of hydroxylamine groups is 1. The topological polar surface area (TPSA) is 106 Å². The first-order valence-electron chi connectivity index (χ1n) is 11.6. The van der Waals surface area contributed by atoms with Gasteiger partial charge in [0, 0.05) is 26.2 Å². The van der Waals surface area contributed by atoms with Gasteiger partial charge in [-0.1, -0.05) is 54.6 Å². The third kappa shape index (κ3) is 6.86. The lowest BCUT2D eigenvalue weighted by Gasteiger charge is -2.34. The number of piperazine rings is 1.